The summed E-state index contributed by atoms with van der Waals surface area (Å²) in [4.78, 5) is 13.9. The molecule has 15 heavy (non-hydrogen) atoms. The monoisotopic (exact) mass is 212 g/mol. The number of nitrogens with two attached hydrogens (primary N) is 1. The molecule has 0 spiro atoms. The first kappa shape index (κ1) is 12.5. The molecule has 88 valence electrons. The van der Waals surface area contributed by atoms with E-state index in [-0.39, 0.29) is 11.9 Å². The number of piperidine rings is 1. The van der Waals surface area contributed by atoms with Gasteiger partial charge in [0.05, 0.1) is 6.04 Å². The van der Waals surface area contributed by atoms with Crippen molar-refractivity contribution in [3.63, 3.8) is 0 Å². The summed E-state index contributed by atoms with van der Waals surface area (Å²) < 4.78 is 0. The van der Waals surface area contributed by atoms with Crippen LogP contribution in [0.25, 0.3) is 0 Å². The smallest absolute Gasteiger partial charge is 0.239 e. The second kappa shape index (κ2) is 5.50. The van der Waals surface area contributed by atoms with E-state index in [2.05, 4.69) is 20.8 Å². The Morgan fingerprint density at radius 3 is 2.73 bits per heavy atom. The maximum Gasteiger partial charge on any atom is 0.239 e. The Labute approximate surface area is 93.0 Å². The average Bonchev–Trinajstić information content (AvgIpc) is 2.15. The molecular formula is C12H24N2O. The van der Waals surface area contributed by atoms with Gasteiger partial charge in [-0.1, -0.05) is 20.8 Å². The van der Waals surface area contributed by atoms with Crippen molar-refractivity contribution >= 4 is 5.91 Å². The molecule has 2 atom stereocenters. The lowest BCUT2D eigenvalue weighted by Gasteiger charge is -2.33. The third kappa shape index (κ3) is 3.82. The number of likely N-dealkylation sites (tertiary alicyclic amines) is 1. The summed E-state index contributed by atoms with van der Waals surface area (Å²) >= 11 is 0. The topological polar surface area (TPSA) is 46.3 Å². The van der Waals surface area contributed by atoms with Gasteiger partial charge in [0.1, 0.15) is 0 Å². The number of carbonyl (C=O) groups is 1. The molecular weight excluding hydrogens is 188 g/mol. The molecule has 0 aromatic carbocycles. The van der Waals surface area contributed by atoms with Crippen LogP contribution in [0.15, 0.2) is 0 Å². The van der Waals surface area contributed by atoms with Gasteiger partial charge in [0.2, 0.25) is 5.91 Å². The van der Waals surface area contributed by atoms with Crippen molar-refractivity contribution in [3.05, 3.63) is 0 Å². The molecule has 1 unspecified atom stereocenters. The largest absolute Gasteiger partial charge is 0.341 e. The highest BCUT2D eigenvalue weighted by molar-refractivity contribution is 5.81. The highest BCUT2D eigenvalue weighted by Gasteiger charge is 2.25. The van der Waals surface area contributed by atoms with E-state index in [4.69, 9.17) is 5.73 Å². The van der Waals surface area contributed by atoms with Gasteiger partial charge < -0.3 is 10.6 Å². The molecule has 1 heterocycles. The van der Waals surface area contributed by atoms with Gasteiger partial charge in [-0.25, -0.2) is 0 Å². The van der Waals surface area contributed by atoms with Gasteiger partial charge in [0, 0.05) is 13.1 Å². The lowest BCUT2D eigenvalue weighted by Crippen LogP contribution is -2.48. The van der Waals surface area contributed by atoms with E-state index < -0.39 is 0 Å². The van der Waals surface area contributed by atoms with Crippen molar-refractivity contribution < 1.29 is 4.79 Å². The molecule has 1 fully saturated rings. The number of nitrogens with zero attached hydrogens (tertiary/aromatic N) is 1. The van der Waals surface area contributed by atoms with Crippen LogP contribution >= 0.6 is 0 Å². The lowest BCUT2D eigenvalue weighted by atomic mass is 9.98. The molecule has 1 aliphatic rings. The minimum atomic E-state index is -0.296. The predicted octanol–water partition coefficient (Wildman–Crippen LogP) is 1.62. The summed E-state index contributed by atoms with van der Waals surface area (Å²) in [5, 5.41) is 0. The minimum absolute atomic E-state index is 0.148. The van der Waals surface area contributed by atoms with Gasteiger partial charge in [-0.15, -0.1) is 0 Å². The van der Waals surface area contributed by atoms with E-state index in [9.17, 15) is 4.79 Å². The van der Waals surface area contributed by atoms with Crippen LogP contribution in [0.1, 0.15) is 40.0 Å². The first-order valence-corrected chi connectivity index (χ1v) is 6.05. The molecule has 1 rings (SSSR count). The third-order valence-corrected chi connectivity index (χ3v) is 3.01. The van der Waals surface area contributed by atoms with Crippen molar-refractivity contribution in [3.8, 4) is 0 Å². The second-order valence-electron chi connectivity index (χ2n) is 5.27. The van der Waals surface area contributed by atoms with Crippen molar-refractivity contribution in [2.45, 2.75) is 46.1 Å². The quantitative estimate of drug-likeness (QED) is 0.772. The van der Waals surface area contributed by atoms with Crippen molar-refractivity contribution in [1.29, 1.82) is 0 Å². The molecule has 0 radical (unpaired) electrons. The van der Waals surface area contributed by atoms with Gasteiger partial charge in [0.25, 0.3) is 0 Å². The molecule has 2 N–H and O–H groups in total. The highest BCUT2D eigenvalue weighted by Crippen LogP contribution is 2.17. The van der Waals surface area contributed by atoms with Gasteiger partial charge in [-0.05, 0) is 31.1 Å². The standard InChI is InChI=1S/C12H24N2O/c1-9(2)7-11(13)12(15)14-6-4-5-10(3)8-14/h9-11H,4-8,13H2,1-3H3/t10?,11-/m0/s1. The normalized spacial score (nSPS) is 24.3. The zero-order chi connectivity index (χ0) is 11.4. The van der Waals surface area contributed by atoms with Crippen LogP contribution in [0.2, 0.25) is 0 Å². The molecule has 3 nitrogen and oxygen atoms in total. The Kier molecular flexibility index (Phi) is 4.58. The van der Waals surface area contributed by atoms with Crippen molar-refractivity contribution in [1.82, 2.24) is 4.90 Å². The summed E-state index contributed by atoms with van der Waals surface area (Å²) in [5.74, 6) is 1.27. The van der Waals surface area contributed by atoms with Crippen LogP contribution < -0.4 is 5.73 Å². The molecule has 1 amide bonds. The lowest BCUT2D eigenvalue weighted by molar-refractivity contribution is -0.134. The Hall–Kier alpha value is -0.570. The summed E-state index contributed by atoms with van der Waals surface area (Å²) in [6.45, 7) is 8.20. The number of carbonyl (C=O) groups excluding carboxylic acids is 1. The fourth-order valence-electron chi connectivity index (χ4n) is 2.23. The molecule has 0 aromatic heterocycles. The van der Waals surface area contributed by atoms with Crippen molar-refractivity contribution in [2.24, 2.45) is 17.6 Å². The van der Waals surface area contributed by atoms with E-state index >= 15 is 0 Å². The van der Waals surface area contributed by atoms with Crippen molar-refractivity contribution in [2.75, 3.05) is 13.1 Å². The molecule has 1 saturated heterocycles. The number of amides is 1. The summed E-state index contributed by atoms with van der Waals surface area (Å²) in [5.41, 5.74) is 5.90. The van der Waals surface area contributed by atoms with Crippen LogP contribution in [-0.2, 0) is 4.79 Å². The summed E-state index contributed by atoms with van der Waals surface area (Å²) in [7, 11) is 0. The molecule has 0 bridgehead atoms. The van der Waals surface area contributed by atoms with Crippen LogP contribution in [0.4, 0.5) is 0 Å². The van der Waals surface area contributed by atoms with E-state index in [1.807, 2.05) is 4.90 Å². The Morgan fingerprint density at radius 2 is 2.20 bits per heavy atom. The van der Waals surface area contributed by atoms with E-state index in [0.717, 1.165) is 25.9 Å². The highest BCUT2D eigenvalue weighted by atomic mass is 16.2. The number of rotatable bonds is 3. The summed E-state index contributed by atoms with van der Waals surface area (Å²) in [6, 6.07) is -0.296. The summed E-state index contributed by atoms with van der Waals surface area (Å²) in [6.07, 6.45) is 3.16. The number of hydrogen-bond acceptors (Lipinski definition) is 2. The zero-order valence-electron chi connectivity index (χ0n) is 10.2. The van der Waals surface area contributed by atoms with Gasteiger partial charge >= 0.3 is 0 Å². The minimum Gasteiger partial charge on any atom is -0.341 e. The molecule has 0 aliphatic carbocycles. The molecule has 0 aromatic rings. The van der Waals surface area contributed by atoms with Gasteiger partial charge in [0.15, 0.2) is 0 Å². The predicted molar refractivity (Wildman–Crippen MR) is 62.4 cm³/mol. The second-order valence-corrected chi connectivity index (χ2v) is 5.27. The van der Waals surface area contributed by atoms with Gasteiger partial charge in [-0.3, -0.25) is 4.79 Å². The van der Waals surface area contributed by atoms with E-state index in [1.165, 1.54) is 6.42 Å². The Balaban J connectivity index is 2.44. The van der Waals surface area contributed by atoms with Crippen LogP contribution in [0.3, 0.4) is 0 Å². The zero-order valence-corrected chi connectivity index (χ0v) is 10.2. The maximum absolute atomic E-state index is 12.0. The van der Waals surface area contributed by atoms with E-state index in [0.29, 0.717) is 11.8 Å². The fourth-order valence-corrected chi connectivity index (χ4v) is 2.23. The van der Waals surface area contributed by atoms with Crippen LogP contribution in [0, 0.1) is 11.8 Å². The maximum atomic E-state index is 12.0. The Bertz CT molecular complexity index is 216. The average molecular weight is 212 g/mol. The first-order valence-electron chi connectivity index (χ1n) is 6.05. The number of hydrogen-bond donors (Lipinski definition) is 1. The van der Waals surface area contributed by atoms with Crippen LogP contribution in [-0.4, -0.2) is 29.9 Å². The molecule has 1 aliphatic heterocycles. The van der Waals surface area contributed by atoms with Gasteiger partial charge in [-0.2, -0.15) is 0 Å². The third-order valence-electron chi connectivity index (χ3n) is 3.01. The van der Waals surface area contributed by atoms with Crippen LogP contribution in [0.5, 0.6) is 0 Å². The SMILES string of the molecule is CC(C)C[C@H](N)C(=O)N1CCCC(C)C1. The Morgan fingerprint density at radius 1 is 1.53 bits per heavy atom. The fraction of sp³-hybridized carbons (Fsp3) is 0.917. The van der Waals surface area contributed by atoms with E-state index in [1.54, 1.807) is 0 Å². The first-order chi connectivity index (χ1) is 7.00. The molecule has 0 saturated carbocycles. The molecule has 3 heteroatoms.